The summed E-state index contributed by atoms with van der Waals surface area (Å²) in [7, 11) is 3.11. The van der Waals surface area contributed by atoms with E-state index in [4.69, 9.17) is 0 Å². The van der Waals surface area contributed by atoms with Crippen LogP contribution in [0.1, 0.15) is 53.4 Å². The molecule has 0 aromatic heterocycles. The molecular weight excluding hydrogens is 600 g/mol. The Bertz CT molecular complexity index is 984. The lowest BCUT2D eigenvalue weighted by atomic mass is 10.3. The summed E-state index contributed by atoms with van der Waals surface area (Å²) in [6.07, 6.45) is 4.21. The molecule has 14 nitrogen and oxygen atoms in total. The molecule has 1 saturated heterocycles. The zero-order valence-electron chi connectivity index (χ0n) is 24.5. The van der Waals surface area contributed by atoms with Crippen molar-refractivity contribution in [2.24, 2.45) is 0 Å². The summed E-state index contributed by atoms with van der Waals surface area (Å²) in [5.41, 5.74) is 0. The number of nitrogens with zero attached hydrogens (tertiary/aromatic N) is 2. The monoisotopic (exact) mass is 646 g/mol. The van der Waals surface area contributed by atoms with E-state index in [0.29, 0.717) is 45.3 Å². The Morgan fingerprint density at radius 2 is 1.28 bits per heavy atom. The standard InChI is InChI=1S/C13H21N3O4S.C10H14N2O3.C3H7NOS.CH4/c1-3-15-10(17)5-4-6-16-12(19)7-9(13(16)20)21-8-11(18)14-2;1-2-11-8(13)4-3-7-12-9(14)5-6-10(12)15;1-4-3(5)2-6;/h9H,3-8H2,1-2H3,(H,14,18)(H,15,17);5-6H,2-4,7H2,1H3,(H,11,13);6H,2H2,1H3,(H,4,5);1H4. The molecule has 16 heteroatoms. The second-order valence-corrected chi connectivity index (χ2v) is 10.2. The van der Waals surface area contributed by atoms with Crippen LogP contribution >= 0.6 is 24.4 Å². The summed E-state index contributed by atoms with van der Waals surface area (Å²) < 4.78 is 0. The van der Waals surface area contributed by atoms with Gasteiger partial charge in [-0.05, 0) is 26.7 Å². The molecule has 2 aliphatic heterocycles. The van der Waals surface area contributed by atoms with E-state index in [2.05, 4.69) is 33.9 Å². The number of likely N-dealkylation sites (tertiary alicyclic amines) is 1. The Morgan fingerprint density at radius 1 is 0.814 bits per heavy atom. The van der Waals surface area contributed by atoms with Gasteiger partial charge in [0.05, 0.1) is 16.8 Å². The second kappa shape index (κ2) is 24.1. The summed E-state index contributed by atoms with van der Waals surface area (Å²) in [6, 6.07) is 0. The van der Waals surface area contributed by atoms with Crippen molar-refractivity contribution in [3.63, 3.8) is 0 Å². The fourth-order valence-electron chi connectivity index (χ4n) is 3.36. The molecule has 0 aliphatic carbocycles. The fraction of sp³-hybridized carbons (Fsp3) is 0.630. The predicted molar refractivity (Wildman–Crippen MR) is 168 cm³/mol. The number of imide groups is 2. The third-order valence-corrected chi connectivity index (χ3v) is 7.03. The van der Waals surface area contributed by atoms with E-state index in [1.807, 2.05) is 13.8 Å². The summed E-state index contributed by atoms with van der Waals surface area (Å²) in [5, 5.41) is 9.70. The smallest absolute Gasteiger partial charge is 0.253 e. The zero-order chi connectivity index (χ0) is 32.1. The number of carbonyl (C=O) groups is 8. The summed E-state index contributed by atoms with van der Waals surface area (Å²) in [5.74, 6) is -0.995. The summed E-state index contributed by atoms with van der Waals surface area (Å²) in [4.78, 5) is 91.9. The number of hydrogen-bond acceptors (Lipinski definition) is 10. The van der Waals surface area contributed by atoms with Crippen LogP contribution < -0.4 is 21.3 Å². The first-order chi connectivity index (χ1) is 19.9. The van der Waals surface area contributed by atoms with Gasteiger partial charge in [-0.25, -0.2) is 0 Å². The fourth-order valence-corrected chi connectivity index (χ4v) is 4.55. The number of hydrogen-bond donors (Lipinski definition) is 5. The van der Waals surface area contributed by atoms with Crippen molar-refractivity contribution in [2.75, 3.05) is 51.8 Å². The molecule has 0 saturated carbocycles. The maximum Gasteiger partial charge on any atom is 0.253 e. The SMILES string of the molecule is C.CCNC(=O)CCCN1C(=O)C=CC1=O.CCNC(=O)CCCN1C(=O)CC(SCC(=O)NC)C1=O.CNC(=O)CS. The lowest BCUT2D eigenvalue weighted by Gasteiger charge is -2.14. The average Bonchev–Trinajstić information content (AvgIpc) is 3.43. The maximum atomic E-state index is 12.1. The molecule has 8 amide bonds. The van der Waals surface area contributed by atoms with Crippen molar-refractivity contribution in [1.29, 1.82) is 0 Å². The van der Waals surface area contributed by atoms with Crippen molar-refractivity contribution in [3.8, 4) is 0 Å². The van der Waals surface area contributed by atoms with Gasteiger partial charge in [-0.1, -0.05) is 7.43 Å². The minimum absolute atomic E-state index is 0. The number of rotatable bonds is 14. The first-order valence-corrected chi connectivity index (χ1v) is 15.2. The van der Waals surface area contributed by atoms with E-state index >= 15 is 0 Å². The molecule has 1 unspecified atom stereocenters. The highest BCUT2D eigenvalue weighted by atomic mass is 32.2. The molecule has 1 atom stereocenters. The van der Waals surface area contributed by atoms with Crippen LogP contribution in [0.4, 0.5) is 0 Å². The van der Waals surface area contributed by atoms with E-state index in [9.17, 15) is 38.4 Å². The highest BCUT2D eigenvalue weighted by molar-refractivity contribution is 8.01. The van der Waals surface area contributed by atoms with Gasteiger partial charge in [0.2, 0.25) is 35.4 Å². The summed E-state index contributed by atoms with van der Waals surface area (Å²) >= 11 is 4.86. The lowest BCUT2D eigenvalue weighted by molar-refractivity contribution is -0.139. The average molecular weight is 647 g/mol. The number of thioether (sulfide) groups is 1. The first kappa shape index (κ1) is 41.7. The van der Waals surface area contributed by atoms with E-state index in [1.54, 1.807) is 7.05 Å². The minimum Gasteiger partial charge on any atom is -0.358 e. The van der Waals surface area contributed by atoms with E-state index in [1.165, 1.54) is 35.9 Å². The Balaban J connectivity index is 0. The van der Waals surface area contributed by atoms with Crippen LogP contribution in [-0.2, 0) is 38.4 Å². The second-order valence-electron chi connectivity index (χ2n) is 8.67. The van der Waals surface area contributed by atoms with E-state index in [-0.39, 0.29) is 79.2 Å². The van der Waals surface area contributed by atoms with Crippen LogP contribution in [0, 0.1) is 0 Å². The molecular formula is C27H46N6O8S2. The molecule has 0 spiro atoms. The molecule has 0 radical (unpaired) electrons. The van der Waals surface area contributed by atoms with Crippen LogP contribution in [0.5, 0.6) is 0 Å². The molecule has 0 aromatic carbocycles. The van der Waals surface area contributed by atoms with Gasteiger partial charge in [-0.15, -0.1) is 11.8 Å². The van der Waals surface area contributed by atoms with Crippen molar-refractivity contribution in [3.05, 3.63) is 12.2 Å². The van der Waals surface area contributed by atoms with Gasteiger partial charge in [-0.2, -0.15) is 12.6 Å². The van der Waals surface area contributed by atoms with Gasteiger partial charge in [-0.3, -0.25) is 48.2 Å². The van der Waals surface area contributed by atoms with Gasteiger partial charge >= 0.3 is 0 Å². The Hall–Kier alpha value is -3.40. The summed E-state index contributed by atoms with van der Waals surface area (Å²) in [6.45, 7) is 5.41. The quantitative estimate of drug-likeness (QED) is 0.124. The Kier molecular flexibility index (Phi) is 23.4. The van der Waals surface area contributed by atoms with E-state index < -0.39 is 5.25 Å². The lowest BCUT2D eigenvalue weighted by Crippen LogP contribution is -2.33. The van der Waals surface area contributed by atoms with Crippen molar-refractivity contribution < 1.29 is 38.4 Å². The molecule has 43 heavy (non-hydrogen) atoms. The normalized spacial score (nSPS) is 15.0. The Morgan fingerprint density at radius 3 is 1.67 bits per heavy atom. The van der Waals surface area contributed by atoms with Crippen LogP contribution in [-0.4, -0.2) is 114 Å². The largest absolute Gasteiger partial charge is 0.358 e. The molecule has 0 aromatic rings. The van der Waals surface area contributed by atoms with Gasteiger partial charge in [0, 0.05) is 71.7 Å². The first-order valence-electron chi connectivity index (χ1n) is 13.5. The Labute approximate surface area is 263 Å². The highest BCUT2D eigenvalue weighted by Gasteiger charge is 2.38. The van der Waals surface area contributed by atoms with Crippen molar-refractivity contribution in [1.82, 2.24) is 31.1 Å². The molecule has 2 rings (SSSR count). The third-order valence-electron chi connectivity index (χ3n) is 5.54. The molecule has 4 N–H and O–H groups in total. The van der Waals surface area contributed by atoms with Crippen LogP contribution in [0.15, 0.2) is 12.2 Å². The zero-order valence-corrected chi connectivity index (χ0v) is 26.2. The number of thiol groups is 1. The minimum atomic E-state index is -0.487. The third kappa shape index (κ3) is 17.3. The molecule has 1 fully saturated rings. The van der Waals surface area contributed by atoms with Gasteiger partial charge in [0.15, 0.2) is 0 Å². The molecule has 0 bridgehead atoms. The van der Waals surface area contributed by atoms with Crippen LogP contribution in [0.25, 0.3) is 0 Å². The van der Waals surface area contributed by atoms with Crippen molar-refractivity contribution >= 4 is 71.6 Å². The predicted octanol–water partition coefficient (Wildman–Crippen LogP) is -0.365. The highest BCUT2D eigenvalue weighted by Crippen LogP contribution is 2.25. The molecule has 2 heterocycles. The van der Waals surface area contributed by atoms with Gasteiger partial charge < -0.3 is 21.3 Å². The molecule has 2 aliphatic rings. The van der Waals surface area contributed by atoms with Gasteiger partial charge in [0.1, 0.15) is 0 Å². The number of carbonyl (C=O) groups excluding carboxylic acids is 8. The van der Waals surface area contributed by atoms with E-state index in [0.717, 1.165) is 4.90 Å². The van der Waals surface area contributed by atoms with Crippen molar-refractivity contribution in [2.45, 2.75) is 58.6 Å². The maximum absolute atomic E-state index is 12.1. The topological polar surface area (TPSA) is 191 Å². The molecule has 244 valence electrons. The number of amides is 8. The number of nitrogens with one attached hydrogen (secondary N) is 4. The van der Waals surface area contributed by atoms with Crippen LogP contribution in [0.3, 0.4) is 0 Å². The van der Waals surface area contributed by atoms with Gasteiger partial charge in [0.25, 0.3) is 11.8 Å². The van der Waals surface area contributed by atoms with Crippen LogP contribution in [0.2, 0.25) is 0 Å².